The fourth-order valence-corrected chi connectivity index (χ4v) is 10.3. The Morgan fingerprint density at radius 2 is 0.980 bits per heavy atom. The summed E-state index contributed by atoms with van der Waals surface area (Å²) < 4.78 is 2.61. The van der Waals surface area contributed by atoms with Gasteiger partial charge in [0.2, 0.25) is 0 Å². The lowest BCUT2D eigenvalue weighted by Crippen LogP contribution is -2.25. The summed E-state index contributed by atoms with van der Waals surface area (Å²) in [7, 11) is 0. The van der Waals surface area contributed by atoms with E-state index < -0.39 is 0 Å². The zero-order valence-corrected chi connectivity index (χ0v) is 27.4. The van der Waals surface area contributed by atoms with Gasteiger partial charge in [0.25, 0.3) is 0 Å². The average Bonchev–Trinajstić information content (AvgIpc) is 3.81. The zero-order valence-electron chi connectivity index (χ0n) is 26.6. The first kappa shape index (κ1) is 27.0. The van der Waals surface area contributed by atoms with Gasteiger partial charge in [-0.2, -0.15) is 0 Å². The first-order valence-corrected chi connectivity index (χ1v) is 17.8. The van der Waals surface area contributed by atoms with Crippen LogP contribution in [0.15, 0.2) is 170 Å². The number of hydrogen-bond acceptors (Lipinski definition) is 2. The largest absolute Gasteiger partial charge is 0.354 e. The van der Waals surface area contributed by atoms with Crippen molar-refractivity contribution < 1.29 is 0 Å². The monoisotopic (exact) mass is 639 g/mol. The third-order valence-electron chi connectivity index (χ3n) is 10.9. The van der Waals surface area contributed by atoms with E-state index >= 15 is 0 Å². The van der Waals surface area contributed by atoms with Crippen LogP contribution in [-0.2, 0) is 5.41 Å². The molecule has 8 aromatic carbocycles. The van der Waals surface area contributed by atoms with E-state index in [-0.39, 0.29) is 5.41 Å². The molecule has 9 aromatic rings. The highest BCUT2D eigenvalue weighted by Crippen LogP contribution is 2.64. The van der Waals surface area contributed by atoms with Crippen LogP contribution in [0.4, 0.5) is 11.4 Å². The van der Waals surface area contributed by atoms with Crippen LogP contribution in [0.2, 0.25) is 0 Å². The summed E-state index contributed by atoms with van der Waals surface area (Å²) in [4.78, 5) is 0. The van der Waals surface area contributed by atoms with Crippen LogP contribution in [0.25, 0.3) is 64.3 Å². The predicted molar refractivity (Wildman–Crippen MR) is 208 cm³/mol. The Bertz CT molecular complexity index is 2760. The van der Waals surface area contributed by atoms with Gasteiger partial charge in [0, 0.05) is 26.7 Å². The number of benzene rings is 8. The molecule has 11 rings (SSSR count). The predicted octanol–water partition coefficient (Wildman–Crippen LogP) is 13.0. The van der Waals surface area contributed by atoms with Crippen molar-refractivity contribution in [3.8, 4) is 33.4 Å². The van der Waals surface area contributed by atoms with E-state index in [0.717, 1.165) is 11.4 Å². The Kier molecular flexibility index (Phi) is 5.53. The van der Waals surface area contributed by atoms with E-state index in [1.165, 1.54) is 86.6 Å². The molecule has 0 aliphatic heterocycles. The maximum atomic E-state index is 4.07. The molecule has 1 aromatic heterocycles. The summed E-state index contributed by atoms with van der Waals surface area (Å²) in [5, 5.41) is 9.23. The highest BCUT2D eigenvalue weighted by molar-refractivity contribution is 7.27. The van der Waals surface area contributed by atoms with Gasteiger partial charge in [-0.15, -0.1) is 11.3 Å². The molecule has 0 saturated heterocycles. The molecule has 1 heterocycles. The lowest BCUT2D eigenvalue weighted by molar-refractivity contribution is 0.794. The smallest absolute Gasteiger partial charge is 0.0726 e. The van der Waals surface area contributed by atoms with E-state index in [4.69, 9.17) is 0 Å². The number of rotatable bonds is 3. The van der Waals surface area contributed by atoms with Gasteiger partial charge in [-0.05, 0) is 73.0 Å². The molecule has 0 unspecified atom stereocenters. The van der Waals surface area contributed by atoms with Gasteiger partial charge in [0.15, 0.2) is 0 Å². The summed E-state index contributed by atoms with van der Waals surface area (Å²) in [5.74, 6) is 0. The van der Waals surface area contributed by atoms with Gasteiger partial charge in [0.1, 0.15) is 0 Å². The quantitative estimate of drug-likeness (QED) is 0.203. The lowest BCUT2D eigenvalue weighted by Gasteiger charge is -2.30. The van der Waals surface area contributed by atoms with Gasteiger partial charge in [0.05, 0.1) is 15.8 Å². The molecule has 49 heavy (non-hydrogen) atoms. The van der Waals surface area contributed by atoms with Crippen molar-refractivity contribution in [3.63, 3.8) is 0 Å². The standard InChI is InChI=1S/C47H29NS/c1-2-14-29(15-3-1)32-21-12-22-36-43-31-17-5-4-16-30(31)28-42(46(43)49-45(32)36)48-41-27-13-26-40-44(41)35-20-8-11-25-39(35)47(40)37-23-9-6-18-33(37)34-19-7-10-24-38(34)47/h1-28,48H. The van der Waals surface area contributed by atoms with Gasteiger partial charge in [-0.25, -0.2) is 0 Å². The molecule has 1 spiro atoms. The fourth-order valence-electron chi connectivity index (χ4n) is 8.98. The molecule has 0 fully saturated rings. The third kappa shape index (κ3) is 3.54. The molecule has 0 atom stereocenters. The van der Waals surface area contributed by atoms with E-state index in [0.29, 0.717) is 0 Å². The second-order valence-corrected chi connectivity index (χ2v) is 14.3. The third-order valence-corrected chi connectivity index (χ3v) is 12.1. The van der Waals surface area contributed by atoms with Crippen LogP contribution in [-0.4, -0.2) is 0 Å². The molecule has 2 aliphatic carbocycles. The van der Waals surface area contributed by atoms with Crippen LogP contribution in [0, 0.1) is 0 Å². The molecule has 0 radical (unpaired) electrons. The molecule has 2 heteroatoms. The van der Waals surface area contributed by atoms with Crippen molar-refractivity contribution >= 4 is 53.7 Å². The molecule has 2 aliphatic rings. The van der Waals surface area contributed by atoms with Crippen LogP contribution < -0.4 is 5.32 Å². The van der Waals surface area contributed by atoms with Crippen molar-refractivity contribution in [1.29, 1.82) is 0 Å². The maximum absolute atomic E-state index is 4.07. The Balaban J connectivity index is 1.18. The first-order chi connectivity index (χ1) is 24.3. The van der Waals surface area contributed by atoms with Gasteiger partial charge >= 0.3 is 0 Å². The number of thiophene rings is 1. The first-order valence-electron chi connectivity index (χ1n) is 16.9. The number of fused-ring (bicyclic) bond motifs is 15. The Morgan fingerprint density at radius 1 is 0.408 bits per heavy atom. The summed E-state index contributed by atoms with van der Waals surface area (Å²) >= 11 is 1.90. The molecule has 228 valence electrons. The van der Waals surface area contributed by atoms with Gasteiger partial charge in [-0.3, -0.25) is 0 Å². The molecule has 0 bridgehead atoms. The minimum atomic E-state index is -0.363. The molecule has 1 N–H and O–H groups in total. The SMILES string of the molecule is c1ccc(-c2cccc3c2sc2c(Nc4cccc5c4-c4ccccc4C54c5ccccc5-c5ccccc54)cc4ccccc4c23)cc1. The molecular weight excluding hydrogens is 611 g/mol. The topological polar surface area (TPSA) is 12.0 Å². The number of nitrogens with one attached hydrogen (secondary N) is 1. The van der Waals surface area contributed by atoms with E-state index in [1.54, 1.807) is 0 Å². The summed E-state index contributed by atoms with van der Waals surface area (Å²) in [6.07, 6.45) is 0. The van der Waals surface area contributed by atoms with Crippen molar-refractivity contribution in [2.75, 3.05) is 5.32 Å². The minimum Gasteiger partial charge on any atom is -0.354 e. The average molecular weight is 640 g/mol. The maximum Gasteiger partial charge on any atom is 0.0726 e. The Morgan fingerprint density at radius 3 is 1.76 bits per heavy atom. The van der Waals surface area contributed by atoms with Crippen LogP contribution in [0.1, 0.15) is 22.3 Å². The van der Waals surface area contributed by atoms with E-state index in [1.807, 2.05) is 11.3 Å². The van der Waals surface area contributed by atoms with Gasteiger partial charge < -0.3 is 5.32 Å². The highest BCUT2D eigenvalue weighted by Gasteiger charge is 2.51. The molecule has 0 saturated carbocycles. The highest BCUT2D eigenvalue weighted by atomic mass is 32.1. The summed E-state index contributed by atoms with van der Waals surface area (Å²) in [5.41, 5.74) is 15.1. The second-order valence-electron chi connectivity index (χ2n) is 13.2. The summed E-state index contributed by atoms with van der Waals surface area (Å²) in [6, 6.07) is 62.7. The zero-order chi connectivity index (χ0) is 32.1. The molecule has 0 amide bonds. The lowest BCUT2D eigenvalue weighted by atomic mass is 9.70. The van der Waals surface area contributed by atoms with Crippen molar-refractivity contribution in [1.82, 2.24) is 0 Å². The van der Waals surface area contributed by atoms with Crippen molar-refractivity contribution in [3.05, 3.63) is 192 Å². The van der Waals surface area contributed by atoms with Crippen LogP contribution in [0.5, 0.6) is 0 Å². The second kappa shape index (κ2) is 10.0. The molecular formula is C47H29NS. The summed E-state index contributed by atoms with van der Waals surface area (Å²) in [6.45, 7) is 0. The van der Waals surface area contributed by atoms with Gasteiger partial charge in [-0.1, -0.05) is 158 Å². The van der Waals surface area contributed by atoms with Crippen molar-refractivity contribution in [2.24, 2.45) is 0 Å². The molecule has 1 nitrogen and oxygen atoms in total. The normalized spacial score (nSPS) is 13.5. The number of hydrogen-bond donors (Lipinski definition) is 1. The minimum absolute atomic E-state index is 0.363. The fraction of sp³-hybridized carbons (Fsp3) is 0.0213. The van der Waals surface area contributed by atoms with E-state index in [9.17, 15) is 0 Å². The van der Waals surface area contributed by atoms with Crippen LogP contribution >= 0.6 is 11.3 Å². The Hall–Kier alpha value is -5.96. The van der Waals surface area contributed by atoms with Crippen LogP contribution in [0.3, 0.4) is 0 Å². The number of anilines is 2. The van der Waals surface area contributed by atoms with Crippen molar-refractivity contribution in [2.45, 2.75) is 5.41 Å². The Labute approximate surface area is 288 Å². The van der Waals surface area contributed by atoms with E-state index in [2.05, 4.69) is 175 Å².